The van der Waals surface area contributed by atoms with Crippen molar-refractivity contribution in [1.29, 1.82) is 0 Å². The van der Waals surface area contributed by atoms with Gasteiger partial charge in [-0.25, -0.2) is 4.98 Å². The number of aldehydes is 1. The van der Waals surface area contributed by atoms with Crippen molar-refractivity contribution in [3.05, 3.63) is 15.6 Å². The maximum absolute atomic E-state index is 10.7. The van der Waals surface area contributed by atoms with Crippen molar-refractivity contribution in [3.63, 3.8) is 0 Å². The van der Waals surface area contributed by atoms with E-state index in [2.05, 4.69) is 4.98 Å². The molecule has 0 unspecified atom stereocenters. The van der Waals surface area contributed by atoms with Crippen molar-refractivity contribution in [2.24, 2.45) is 0 Å². The first-order valence-corrected chi connectivity index (χ1v) is 5.63. The fourth-order valence-electron chi connectivity index (χ4n) is 1.66. The number of nitrogens with zero attached hydrogens (tertiary/aromatic N) is 1. The number of rotatable bonds is 2. The highest BCUT2D eigenvalue weighted by atomic mass is 32.1. The Labute approximate surface area is 87.1 Å². The van der Waals surface area contributed by atoms with Crippen molar-refractivity contribution >= 4 is 17.6 Å². The third-order valence-corrected chi connectivity index (χ3v) is 3.77. The van der Waals surface area contributed by atoms with E-state index in [4.69, 9.17) is 4.74 Å². The van der Waals surface area contributed by atoms with Gasteiger partial charge in [0.2, 0.25) is 0 Å². The van der Waals surface area contributed by atoms with Crippen molar-refractivity contribution < 1.29 is 9.53 Å². The molecule has 0 amide bonds. The molecule has 0 atom stereocenters. The zero-order valence-corrected chi connectivity index (χ0v) is 8.97. The second-order valence-corrected chi connectivity index (χ2v) is 4.57. The van der Waals surface area contributed by atoms with E-state index in [1.165, 1.54) is 11.3 Å². The molecule has 1 aliphatic heterocycles. The summed E-state index contributed by atoms with van der Waals surface area (Å²) in [7, 11) is 0. The summed E-state index contributed by atoms with van der Waals surface area (Å²) in [6, 6.07) is 0. The molecule has 76 valence electrons. The molecule has 2 heterocycles. The van der Waals surface area contributed by atoms with Crippen LogP contribution in [-0.2, 0) is 4.74 Å². The van der Waals surface area contributed by atoms with E-state index in [0.29, 0.717) is 5.92 Å². The average molecular weight is 211 g/mol. The molecular weight excluding hydrogens is 198 g/mol. The Hall–Kier alpha value is -0.740. The van der Waals surface area contributed by atoms with Crippen LogP contribution in [-0.4, -0.2) is 24.5 Å². The number of thiazole rings is 1. The minimum absolute atomic E-state index is 0.501. The van der Waals surface area contributed by atoms with E-state index in [1.54, 1.807) is 0 Å². The molecule has 1 fully saturated rings. The van der Waals surface area contributed by atoms with E-state index in [-0.39, 0.29) is 0 Å². The van der Waals surface area contributed by atoms with E-state index in [0.717, 1.165) is 47.9 Å². The SMILES string of the molecule is Cc1nc(C2CCOCC2)sc1C=O. The van der Waals surface area contributed by atoms with Gasteiger partial charge in [-0.3, -0.25) is 4.79 Å². The molecule has 0 bridgehead atoms. The fraction of sp³-hybridized carbons (Fsp3) is 0.600. The zero-order valence-electron chi connectivity index (χ0n) is 8.16. The summed E-state index contributed by atoms with van der Waals surface area (Å²) < 4.78 is 5.29. The van der Waals surface area contributed by atoms with Gasteiger partial charge in [0.1, 0.15) is 0 Å². The first-order valence-electron chi connectivity index (χ1n) is 4.81. The van der Waals surface area contributed by atoms with E-state index < -0.39 is 0 Å². The maximum Gasteiger partial charge on any atom is 0.161 e. The lowest BCUT2D eigenvalue weighted by Crippen LogP contribution is -2.13. The summed E-state index contributed by atoms with van der Waals surface area (Å²) >= 11 is 1.53. The minimum Gasteiger partial charge on any atom is -0.381 e. The lowest BCUT2D eigenvalue weighted by atomic mass is 10.0. The molecular formula is C10H13NO2S. The normalized spacial score (nSPS) is 18.4. The van der Waals surface area contributed by atoms with Crippen molar-refractivity contribution in [2.75, 3.05) is 13.2 Å². The summed E-state index contributed by atoms with van der Waals surface area (Å²) in [5.41, 5.74) is 0.867. The molecule has 1 aromatic heterocycles. The number of hydrogen-bond acceptors (Lipinski definition) is 4. The van der Waals surface area contributed by atoms with Crippen molar-refractivity contribution in [1.82, 2.24) is 4.98 Å². The van der Waals surface area contributed by atoms with Crippen LogP contribution in [0.1, 0.15) is 39.1 Å². The molecule has 4 heteroatoms. The molecule has 0 aliphatic carbocycles. The Morgan fingerprint density at radius 2 is 2.21 bits per heavy atom. The summed E-state index contributed by atoms with van der Waals surface area (Å²) in [5, 5.41) is 1.10. The first-order chi connectivity index (χ1) is 6.81. The molecule has 14 heavy (non-hydrogen) atoms. The second-order valence-electron chi connectivity index (χ2n) is 3.51. The smallest absolute Gasteiger partial charge is 0.161 e. The number of carbonyl (C=O) groups is 1. The Morgan fingerprint density at radius 1 is 1.50 bits per heavy atom. The molecule has 1 saturated heterocycles. The quantitative estimate of drug-likeness (QED) is 0.704. The predicted molar refractivity (Wildman–Crippen MR) is 55.0 cm³/mol. The second kappa shape index (κ2) is 4.19. The van der Waals surface area contributed by atoms with Gasteiger partial charge >= 0.3 is 0 Å². The van der Waals surface area contributed by atoms with Crippen LogP contribution in [0.5, 0.6) is 0 Å². The van der Waals surface area contributed by atoms with Crippen LogP contribution in [0.25, 0.3) is 0 Å². The van der Waals surface area contributed by atoms with Crippen LogP contribution in [0.3, 0.4) is 0 Å². The van der Waals surface area contributed by atoms with E-state index >= 15 is 0 Å². The Morgan fingerprint density at radius 3 is 2.79 bits per heavy atom. The Kier molecular flexibility index (Phi) is 2.93. The predicted octanol–water partition coefficient (Wildman–Crippen LogP) is 2.16. The molecule has 0 N–H and O–H groups in total. The standard InChI is InChI=1S/C10H13NO2S/c1-7-9(6-12)14-10(11-7)8-2-4-13-5-3-8/h6,8H,2-5H2,1H3. The topological polar surface area (TPSA) is 39.2 Å². The highest BCUT2D eigenvalue weighted by Crippen LogP contribution is 2.30. The van der Waals surface area contributed by atoms with Crippen LogP contribution in [0.2, 0.25) is 0 Å². The van der Waals surface area contributed by atoms with Crippen molar-refractivity contribution in [2.45, 2.75) is 25.7 Å². The lowest BCUT2D eigenvalue weighted by Gasteiger charge is -2.19. The third-order valence-electron chi connectivity index (χ3n) is 2.53. The molecule has 3 nitrogen and oxygen atoms in total. The van der Waals surface area contributed by atoms with Crippen LogP contribution < -0.4 is 0 Å². The maximum atomic E-state index is 10.7. The van der Waals surface area contributed by atoms with Gasteiger partial charge in [-0.2, -0.15) is 0 Å². The van der Waals surface area contributed by atoms with Gasteiger partial charge in [-0.15, -0.1) is 11.3 Å². The van der Waals surface area contributed by atoms with Crippen molar-refractivity contribution in [3.8, 4) is 0 Å². The molecule has 0 saturated carbocycles. The largest absolute Gasteiger partial charge is 0.381 e. The Balaban J connectivity index is 2.18. The van der Waals surface area contributed by atoms with Crippen LogP contribution in [0.4, 0.5) is 0 Å². The van der Waals surface area contributed by atoms with Gasteiger partial charge in [0.05, 0.1) is 15.6 Å². The fourth-order valence-corrected chi connectivity index (χ4v) is 2.71. The summed E-state index contributed by atoms with van der Waals surface area (Å²) in [5.74, 6) is 0.501. The van der Waals surface area contributed by atoms with Gasteiger partial charge in [0, 0.05) is 19.1 Å². The molecule has 2 rings (SSSR count). The summed E-state index contributed by atoms with van der Waals surface area (Å²) in [4.78, 5) is 15.9. The number of aromatic nitrogens is 1. The zero-order chi connectivity index (χ0) is 9.97. The molecule has 1 aromatic rings. The minimum atomic E-state index is 0.501. The first kappa shape index (κ1) is 9.80. The number of carbonyl (C=O) groups excluding carboxylic acids is 1. The van der Waals surface area contributed by atoms with Gasteiger partial charge in [-0.1, -0.05) is 0 Å². The molecule has 0 aromatic carbocycles. The molecule has 0 radical (unpaired) electrons. The highest BCUT2D eigenvalue weighted by molar-refractivity contribution is 7.13. The van der Waals surface area contributed by atoms with Gasteiger partial charge in [0.25, 0.3) is 0 Å². The van der Waals surface area contributed by atoms with Gasteiger partial charge in [-0.05, 0) is 19.8 Å². The van der Waals surface area contributed by atoms with Gasteiger partial charge < -0.3 is 4.74 Å². The van der Waals surface area contributed by atoms with Gasteiger partial charge in [0.15, 0.2) is 6.29 Å². The average Bonchev–Trinajstić information content (AvgIpc) is 2.61. The number of ether oxygens (including phenoxy) is 1. The third kappa shape index (κ3) is 1.86. The summed E-state index contributed by atoms with van der Waals surface area (Å²) in [6.07, 6.45) is 2.96. The Bertz CT molecular complexity index is 329. The summed E-state index contributed by atoms with van der Waals surface area (Å²) in [6.45, 7) is 3.53. The van der Waals surface area contributed by atoms with E-state index in [9.17, 15) is 4.79 Å². The molecule has 0 spiro atoms. The van der Waals surface area contributed by atoms with Crippen LogP contribution >= 0.6 is 11.3 Å². The van der Waals surface area contributed by atoms with Crippen LogP contribution in [0.15, 0.2) is 0 Å². The highest BCUT2D eigenvalue weighted by Gasteiger charge is 2.20. The number of hydrogen-bond donors (Lipinski definition) is 0. The van der Waals surface area contributed by atoms with Crippen LogP contribution in [0, 0.1) is 6.92 Å². The lowest BCUT2D eigenvalue weighted by molar-refractivity contribution is 0.0852. The number of aryl methyl sites for hydroxylation is 1. The monoisotopic (exact) mass is 211 g/mol. The molecule has 1 aliphatic rings. The van der Waals surface area contributed by atoms with E-state index in [1.807, 2.05) is 6.92 Å².